The van der Waals surface area contributed by atoms with Gasteiger partial charge in [0.2, 0.25) is 0 Å². The molecular weight excluding hydrogens is 248 g/mol. The van der Waals surface area contributed by atoms with Gasteiger partial charge in [-0.2, -0.15) is 0 Å². The van der Waals surface area contributed by atoms with E-state index in [1.807, 2.05) is 24.3 Å². The molecule has 86 valence electrons. The summed E-state index contributed by atoms with van der Waals surface area (Å²) in [6, 6.07) is 10.2. The SMILES string of the molecule is C=CC(SC(=S)c1ncc[nH]1)c1ccccc1. The third-order valence-corrected chi connectivity index (χ3v) is 3.88. The van der Waals surface area contributed by atoms with Crippen LogP contribution in [-0.4, -0.2) is 14.2 Å². The molecule has 0 amide bonds. The molecule has 0 aliphatic carbocycles. The van der Waals surface area contributed by atoms with Crippen LogP contribution in [0, 0.1) is 0 Å². The van der Waals surface area contributed by atoms with Gasteiger partial charge in [0, 0.05) is 12.4 Å². The number of hydrogen-bond donors (Lipinski definition) is 1. The number of thioether (sulfide) groups is 1. The number of H-pyrrole nitrogens is 1. The number of thiocarbonyl (C=S) groups is 1. The molecule has 1 aromatic heterocycles. The van der Waals surface area contributed by atoms with Crippen LogP contribution in [0.25, 0.3) is 0 Å². The molecule has 0 aliphatic heterocycles. The Morgan fingerprint density at radius 3 is 2.76 bits per heavy atom. The van der Waals surface area contributed by atoms with E-state index in [2.05, 4.69) is 28.7 Å². The summed E-state index contributed by atoms with van der Waals surface area (Å²) >= 11 is 6.91. The lowest BCUT2D eigenvalue weighted by molar-refractivity contribution is 1.24. The molecule has 1 heterocycles. The quantitative estimate of drug-likeness (QED) is 0.670. The first-order chi connectivity index (χ1) is 8.31. The maximum Gasteiger partial charge on any atom is 0.154 e. The standard InChI is InChI=1S/C13H12N2S2/c1-2-11(10-6-4-3-5-7-10)17-13(16)12-14-8-9-15-12/h2-9,11H,1H2,(H,14,15). The fourth-order valence-electron chi connectivity index (χ4n) is 1.44. The van der Waals surface area contributed by atoms with E-state index in [9.17, 15) is 0 Å². The third kappa shape index (κ3) is 3.05. The van der Waals surface area contributed by atoms with E-state index in [-0.39, 0.29) is 5.25 Å². The van der Waals surface area contributed by atoms with Crippen molar-refractivity contribution in [1.29, 1.82) is 0 Å². The zero-order chi connectivity index (χ0) is 12.1. The number of benzene rings is 1. The highest BCUT2D eigenvalue weighted by Crippen LogP contribution is 2.32. The van der Waals surface area contributed by atoms with Gasteiger partial charge in [-0.25, -0.2) is 4.98 Å². The summed E-state index contributed by atoms with van der Waals surface area (Å²) < 4.78 is 0.753. The van der Waals surface area contributed by atoms with Gasteiger partial charge in [-0.3, -0.25) is 0 Å². The van der Waals surface area contributed by atoms with Crippen LogP contribution < -0.4 is 0 Å². The second-order valence-corrected chi connectivity index (χ2v) is 5.23. The second-order valence-electron chi connectivity index (χ2n) is 3.41. The van der Waals surface area contributed by atoms with E-state index in [0.717, 1.165) is 10.0 Å². The van der Waals surface area contributed by atoms with Crippen molar-refractivity contribution in [3.8, 4) is 0 Å². The van der Waals surface area contributed by atoms with Crippen LogP contribution >= 0.6 is 24.0 Å². The number of hydrogen-bond acceptors (Lipinski definition) is 3. The fourth-order valence-corrected chi connectivity index (χ4v) is 2.71. The van der Waals surface area contributed by atoms with E-state index in [4.69, 9.17) is 12.2 Å². The summed E-state index contributed by atoms with van der Waals surface area (Å²) in [4.78, 5) is 7.16. The summed E-state index contributed by atoms with van der Waals surface area (Å²) in [6.07, 6.45) is 5.37. The molecular formula is C13H12N2S2. The van der Waals surface area contributed by atoms with Crippen LogP contribution in [0.3, 0.4) is 0 Å². The first-order valence-corrected chi connectivity index (χ1v) is 6.48. The van der Waals surface area contributed by atoms with Crippen molar-refractivity contribution in [2.45, 2.75) is 5.25 Å². The Labute approximate surface area is 110 Å². The molecule has 0 bridgehead atoms. The summed E-state index contributed by atoms with van der Waals surface area (Å²) in [6.45, 7) is 3.86. The lowest BCUT2D eigenvalue weighted by Crippen LogP contribution is -1.99. The zero-order valence-electron chi connectivity index (χ0n) is 9.17. The smallest absolute Gasteiger partial charge is 0.154 e. The van der Waals surface area contributed by atoms with Gasteiger partial charge < -0.3 is 4.98 Å². The largest absolute Gasteiger partial charge is 0.343 e. The van der Waals surface area contributed by atoms with Gasteiger partial charge in [-0.15, -0.1) is 6.58 Å². The molecule has 0 saturated carbocycles. The molecule has 1 atom stereocenters. The van der Waals surface area contributed by atoms with E-state index >= 15 is 0 Å². The predicted octanol–water partition coefficient (Wildman–Crippen LogP) is 3.75. The minimum atomic E-state index is 0.161. The van der Waals surface area contributed by atoms with Crippen LogP contribution in [0.1, 0.15) is 16.6 Å². The van der Waals surface area contributed by atoms with Gasteiger partial charge in [-0.05, 0) is 5.56 Å². The molecule has 0 saturated heterocycles. The number of nitrogens with one attached hydrogen (secondary N) is 1. The highest BCUT2D eigenvalue weighted by molar-refractivity contribution is 8.23. The average Bonchev–Trinajstić information content (AvgIpc) is 2.90. The van der Waals surface area contributed by atoms with Crippen LogP contribution in [0.2, 0.25) is 0 Å². The molecule has 4 heteroatoms. The van der Waals surface area contributed by atoms with Crippen molar-refractivity contribution in [3.05, 3.63) is 66.8 Å². The number of imidazole rings is 1. The fraction of sp³-hybridized carbons (Fsp3) is 0.0769. The normalized spacial score (nSPS) is 12.0. The van der Waals surface area contributed by atoms with Crippen molar-refractivity contribution in [2.24, 2.45) is 0 Å². The van der Waals surface area contributed by atoms with Gasteiger partial charge in [0.25, 0.3) is 0 Å². The first-order valence-electron chi connectivity index (χ1n) is 5.19. The summed E-state index contributed by atoms with van der Waals surface area (Å²) in [7, 11) is 0. The lowest BCUT2D eigenvalue weighted by atomic mass is 10.1. The zero-order valence-corrected chi connectivity index (χ0v) is 10.8. The van der Waals surface area contributed by atoms with E-state index < -0.39 is 0 Å². The topological polar surface area (TPSA) is 28.7 Å². The van der Waals surface area contributed by atoms with Crippen molar-refractivity contribution >= 4 is 28.2 Å². The van der Waals surface area contributed by atoms with E-state index in [1.165, 1.54) is 5.56 Å². The van der Waals surface area contributed by atoms with Crippen molar-refractivity contribution in [1.82, 2.24) is 9.97 Å². The number of nitrogens with zero attached hydrogens (tertiary/aromatic N) is 1. The van der Waals surface area contributed by atoms with Gasteiger partial charge in [-0.1, -0.05) is 60.4 Å². The van der Waals surface area contributed by atoms with E-state index in [1.54, 1.807) is 24.2 Å². The monoisotopic (exact) mass is 260 g/mol. The molecule has 17 heavy (non-hydrogen) atoms. The molecule has 2 aromatic rings. The molecule has 2 nitrogen and oxygen atoms in total. The molecule has 1 N–H and O–H groups in total. The van der Waals surface area contributed by atoms with Crippen molar-refractivity contribution < 1.29 is 0 Å². The maximum absolute atomic E-state index is 5.34. The summed E-state index contributed by atoms with van der Waals surface area (Å²) in [5.41, 5.74) is 1.20. The van der Waals surface area contributed by atoms with Crippen LogP contribution in [0.5, 0.6) is 0 Å². The van der Waals surface area contributed by atoms with Crippen LogP contribution in [0.15, 0.2) is 55.4 Å². The Bertz CT molecular complexity index is 491. The average molecular weight is 260 g/mol. The molecule has 0 radical (unpaired) electrons. The van der Waals surface area contributed by atoms with E-state index in [0.29, 0.717) is 0 Å². The van der Waals surface area contributed by atoms with Crippen molar-refractivity contribution in [3.63, 3.8) is 0 Å². The van der Waals surface area contributed by atoms with Gasteiger partial charge in [0.1, 0.15) is 4.20 Å². The van der Waals surface area contributed by atoms with Crippen molar-refractivity contribution in [2.75, 3.05) is 0 Å². The van der Waals surface area contributed by atoms with Gasteiger partial charge in [0.05, 0.1) is 5.25 Å². The number of aromatic nitrogens is 2. The molecule has 1 aromatic carbocycles. The van der Waals surface area contributed by atoms with Gasteiger partial charge >= 0.3 is 0 Å². The maximum atomic E-state index is 5.34. The minimum absolute atomic E-state index is 0.161. The Hall–Kier alpha value is -1.39. The molecule has 0 fully saturated rings. The summed E-state index contributed by atoms with van der Waals surface area (Å²) in [5.74, 6) is 0.743. The molecule has 1 unspecified atom stereocenters. The third-order valence-electron chi connectivity index (χ3n) is 2.27. The second kappa shape index (κ2) is 5.80. The Balaban J connectivity index is 2.11. The lowest BCUT2D eigenvalue weighted by Gasteiger charge is -2.11. The minimum Gasteiger partial charge on any atom is -0.343 e. The Kier molecular flexibility index (Phi) is 4.12. The van der Waals surface area contributed by atoms with Gasteiger partial charge in [0.15, 0.2) is 5.82 Å². The number of aromatic amines is 1. The predicted molar refractivity (Wildman–Crippen MR) is 77.3 cm³/mol. The highest BCUT2D eigenvalue weighted by atomic mass is 32.2. The first kappa shape index (κ1) is 12.1. The number of rotatable bonds is 4. The summed E-state index contributed by atoms with van der Waals surface area (Å²) in [5, 5.41) is 0.161. The van der Waals surface area contributed by atoms with Crippen LogP contribution in [-0.2, 0) is 0 Å². The molecule has 0 aliphatic rings. The molecule has 0 spiro atoms. The highest BCUT2D eigenvalue weighted by Gasteiger charge is 2.13. The Morgan fingerprint density at radius 1 is 1.41 bits per heavy atom. The molecule has 2 rings (SSSR count). The van der Waals surface area contributed by atoms with Crippen LogP contribution in [0.4, 0.5) is 0 Å². The Morgan fingerprint density at radius 2 is 2.18 bits per heavy atom.